The molecule has 18 heavy (non-hydrogen) atoms. The summed E-state index contributed by atoms with van der Waals surface area (Å²) in [6.45, 7) is 0.993. The van der Waals surface area contributed by atoms with Crippen molar-refractivity contribution in [3.05, 3.63) is 23.8 Å². The van der Waals surface area contributed by atoms with Gasteiger partial charge in [-0.2, -0.15) is 0 Å². The number of carbonyl (C=O) groups excluding carboxylic acids is 1. The molecule has 0 spiro atoms. The van der Waals surface area contributed by atoms with Crippen molar-refractivity contribution < 1.29 is 4.79 Å². The number of urea groups is 1. The second kappa shape index (κ2) is 4.88. The molecule has 96 valence electrons. The van der Waals surface area contributed by atoms with Crippen LogP contribution in [0.5, 0.6) is 0 Å². The predicted octanol–water partition coefficient (Wildman–Crippen LogP) is 2.72. The summed E-state index contributed by atoms with van der Waals surface area (Å²) in [4.78, 5) is 11.8. The molecule has 0 saturated heterocycles. The normalized spacial score (nSPS) is 18.2. The highest BCUT2D eigenvalue weighted by molar-refractivity contribution is 5.90. The van der Waals surface area contributed by atoms with Crippen molar-refractivity contribution in [3.8, 4) is 0 Å². The highest BCUT2D eigenvalue weighted by Gasteiger charge is 2.17. The molecule has 0 aromatic heterocycles. The first-order chi connectivity index (χ1) is 8.81. The fourth-order valence-corrected chi connectivity index (χ4v) is 2.81. The van der Waals surface area contributed by atoms with Crippen LogP contribution in [0.25, 0.3) is 0 Å². The number of benzene rings is 1. The highest BCUT2D eigenvalue weighted by Crippen LogP contribution is 2.25. The van der Waals surface area contributed by atoms with Gasteiger partial charge in [-0.05, 0) is 43.0 Å². The number of fused-ring (bicyclic) bond motifs is 1. The first-order valence-electron chi connectivity index (χ1n) is 6.75. The standard InChI is InChI=1S/C14H19N3O/c18-14(16-11-3-1-2-4-11)17-12-5-6-13-10(9-12)7-8-15-13/h5-6,9,11,15H,1-4,7-8H2,(H2,16,17,18). The molecule has 1 fully saturated rings. The molecule has 4 heteroatoms. The molecule has 1 saturated carbocycles. The van der Waals surface area contributed by atoms with Gasteiger partial charge in [0.05, 0.1) is 0 Å². The van der Waals surface area contributed by atoms with Gasteiger partial charge in [0.2, 0.25) is 0 Å². The minimum Gasteiger partial charge on any atom is -0.384 e. The molecule has 2 aliphatic rings. The van der Waals surface area contributed by atoms with E-state index in [-0.39, 0.29) is 6.03 Å². The van der Waals surface area contributed by atoms with Crippen molar-refractivity contribution in [2.75, 3.05) is 17.2 Å². The Kier molecular flexibility index (Phi) is 3.09. The Morgan fingerprint density at radius 1 is 1.28 bits per heavy atom. The zero-order valence-corrected chi connectivity index (χ0v) is 10.5. The third-order valence-corrected chi connectivity index (χ3v) is 3.76. The van der Waals surface area contributed by atoms with Crippen molar-refractivity contribution in [3.63, 3.8) is 0 Å². The molecule has 1 aliphatic carbocycles. The minimum atomic E-state index is -0.0761. The van der Waals surface area contributed by atoms with Crippen molar-refractivity contribution in [1.82, 2.24) is 5.32 Å². The number of rotatable bonds is 2. The molecular formula is C14H19N3O. The van der Waals surface area contributed by atoms with Crippen LogP contribution in [0.4, 0.5) is 16.2 Å². The average molecular weight is 245 g/mol. The van der Waals surface area contributed by atoms with E-state index in [2.05, 4.69) is 22.0 Å². The molecule has 0 unspecified atom stereocenters. The van der Waals surface area contributed by atoms with Gasteiger partial charge in [0.15, 0.2) is 0 Å². The maximum Gasteiger partial charge on any atom is 0.319 e. The van der Waals surface area contributed by atoms with Crippen LogP contribution in [0, 0.1) is 0 Å². The van der Waals surface area contributed by atoms with Crippen LogP contribution >= 0.6 is 0 Å². The molecule has 0 atom stereocenters. The quantitative estimate of drug-likeness (QED) is 0.750. The Morgan fingerprint density at radius 2 is 2.11 bits per heavy atom. The lowest BCUT2D eigenvalue weighted by molar-refractivity contribution is 0.248. The van der Waals surface area contributed by atoms with E-state index in [4.69, 9.17) is 0 Å². The summed E-state index contributed by atoms with van der Waals surface area (Å²) < 4.78 is 0. The van der Waals surface area contributed by atoms with Gasteiger partial charge in [0.25, 0.3) is 0 Å². The topological polar surface area (TPSA) is 53.2 Å². The third kappa shape index (κ3) is 2.42. The second-order valence-electron chi connectivity index (χ2n) is 5.13. The van der Waals surface area contributed by atoms with Crippen LogP contribution in [-0.2, 0) is 6.42 Å². The van der Waals surface area contributed by atoms with Crippen LogP contribution in [0.3, 0.4) is 0 Å². The number of amides is 2. The number of carbonyl (C=O) groups is 1. The van der Waals surface area contributed by atoms with Gasteiger partial charge >= 0.3 is 6.03 Å². The van der Waals surface area contributed by atoms with E-state index in [1.165, 1.54) is 24.1 Å². The number of anilines is 2. The van der Waals surface area contributed by atoms with Crippen molar-refractivity contribution in [1.29, 1.82) is 0 Å². The fraction of sp³-hybridized carbons (Fsp3) is 0.500. The van der Waals surface area contributed by atoms with Gasteiger partial charge in [-0.15, -0.1) is 0 Å². The molecule has 1 heterocycles. The molecular weight excluding hydrogens is 226 g/mol. The van der Waals surface area contributed by atoms with Crippen LogP contribution in [0.2, 0.25) is 0 Å². The van der Waals surface area contributed by atoms with E-state index in [1.54, 1.807) is 0 Å². The maximum atomic E-state index is 11.8. The van der Waals surface area contributed by atoms with Gasteiger partial charge in [-0.3, -0.25) is 0 Å². The van der Waals surface area contributed by atoms with Crippen LogP contribution in [0.1, 0.15) is 31.2 Å². The second-order valence-corrected chi connectivity index (χ2v) is 5.13. The molecule has 0 radical (unpaired) electrons. The Hall–Kier alpha value is -1.71. The molecule has 4 nitrogen and oxygen atoms in total. The van der Waals surface area contributed by atoms with Crippen LogP contribution in [0.15, 0.2) is 18.2 Å². The number of nitrogens with one attached hydrogen (secondary N) is 3. The lowest BCUT2D eigenvalue weighted by atomic mass is 10.1. The molecule has 1 aromatic carbocycles. The van der Waals surface area contributed by atoms with E-state index in [0.29, 0.717) is 6.04 Å². The minimum absolute atomic E-state index is 0.0761. The zero-order chi connectivity index (χ0) is 12.4. The summed E-state index contributed by atoms with van der Waals surface area (Å²) in [6.07, 6.45) is 5.73. The molecule has 0 bridgehead atoms. The Morgan fingerprint density at radius 3 is 2.94 bits per heavy atom. The van der Waals surface area contributed by atoms with E-state index < -0.39 is 0 Å². The SMILES string of the molecule is O=C(Nc1ccc2c(c1)CCN2)NC1CCCC1. The summed E-state index contributed by atoms with van der Waals surface area (Å²) in [7, 11) is 0. The first-order valence-corrected chi connectivity index (χ1v) is 6.75. The maximum absolute atomic E-state index is 11.8. The average Bonchev–Trinajstić information content (AvgIpc) is 2.98. The summed E-state index contributed by atoms with van der Waals surface area (Å²) in [5, 5.41) is 9.26. The van der Waals surface area contributed by atoms with Crippen molar-refractivity contribution in [2.24, 2.45) is 0 Å². The monoisotopic (exact) mass is 245 g/mol. The van der Waals surface area contributed by atoms with Gasteiger partial charge in [-0.25, -0.2) is 4.79 Å². The first kappa shape index (κ1) is 11.4. The Balaban J connectivity index is 1.60. The Bertz CT molecular complexity index is 452. The van der Waals surface area contributed by atoms with E-state index in [1.807, 2.05) is 12.1 Å². The zero-order valence-electron chi connectivity index (χ0n) is 10.5. The lowest BCUT2D eigenvalue weighted by Gasteiger charge is -2.13. The van der Waals surface area contributed by atoms with Crippen molar-refractivity contribution in [2.45, 2.75) is 38.1 Å². The van der Waals surface area contributed by atoms with E-state index >= 15 is 0 Å². The van der Waals surface area contributed by atoms with Gasteiger partial charge in [0, 0.05) is 24.0 Å². The van der Waals surface area contributed by atoms with Gasteiger partial charge in [-0.1, -0.05) is 12.8 Å². The highest BCUT2D eigenvalue weighted by atomic mass is 16.2. The Labute approximate surface area is 107 Å². The summed E-state index contributed by atoms with van der Waals surface area (Å²) in [5.74, 6) is 0. The summed E-state index contributed by atoms with van der Waals surface area (Å²) in [6, 6.07) is 6.33. The van der Waals surface area contributed by atoms with Crippen LogP contribution < -0.4 is 16.0 Å². The smallest absolute Gasteiger partial charge is 0.319 e. The summed E-state index contributed by atoms with van der Waals surface area (Å²) in [5.41, 5.74) is 3.36. The summed E-state index contributed by atoms with van der Waals surface area (Å²) >= 11 is 0. The number of hydrogen-bond donors (Lipinski definition) is 3. The third-order valence-electron chi connectivity index (χ3n) is 3.76. The molecule has 2 amide bonds. The predicted molar refractivity (Wildman–Crippen MR) is 73.0 cm³/mol. The largest absolute Gasteiger partial charge is 0.384 e. The molecule has 1 aliphatic heterocycles. The van der Waals surface area contributed by atoms with Crippen molar-refractivity contribution >= 4 is 17.4 Å². The lowest BCUT2D eigenvalue weighted by Crippen LogP contribution is -2.36. The number of hydrogen-bond acceptors (Lipinski definition) is 2. The molecule has 3 rings (SSSR count). The van der Waals surface area contributed by atoms with E-state index in [9.17, 15) is 4.79 Å². The molecule has 3 N–H and O–H groups in total. The van der Waals surface area contributed by atoms with Gasteiger partial charge in [0.1, 0.15) is 0 Å². The molecule has 1 aromatic rings. The fourth-order valence-electron chi connectivity index (χ4n) is 2.81. The van der Waals surface area contributed by atoms with E-state index in [0.717, 1.165) is 31.5 Å². The van der Waals surface area contributed by atoms with Gasteiger partial charge < -0.3 is 16.0 Å². The van der Waals surface area contributed by atoms with Crippen LogP contribution in [-0.4, -0.2) is 18.6 Å².